The number of methoxy groups -OCH3 is 2. The van der Waals surface area contributed by atoms with Crippen LogP contribution >= 0.6 is 11.8 Å². The van der Waals surface area contributed by atoms with E-state index in [0.29, 0.717) is 11.8 Å². The molecule has 0 amide bonds. The minimum absolute atomic E-state index is 0.516. The lowest BCUT2D eigenvalue weighted by atomic mass is 9.96. The van der Waals surface area contributed by atoms with E-state index in [1.807, 2.05) is 12.3 Å². The Morgan fingerprint density at radius 3 is 2.21 bits per heavy atom. The van der Waals surface area contributed by atoms with Crippen LogP contribution in [0, 0.1) is 0 Å². The molecule has 0 saturated heterocycles. The van der Waals surface area contributed by atoms with Gasteiger partial charge in [-0.3, -0.25) is 0 Å². The first-order chi connectivity index (χ1) is 13.4. The average Bonchev–Trinajstić information content (AvgIpc) is 3.19. The number of hydrogen-bond donors (Lipinski definition) is 1. The third-order valence-corrected chi connectivity index (χ3v) is 5.83. The van der Waals surface area contributed by atoms with E-state index in [-0.39, 0.29) is 0 Å². The largest absolute Gasteiger partial charge is 0.496 e. The predicted molar refractivity (Wildman–Crippen MR) is 122 cm³/mol. The van der Waals surface area contributed by atoms with Crippen molar-refractivity contribution in [2.24, 2.45) is 0 Å². The number of hydrogen-bond acceptors (Lipinski definition) is 3. The van der Waals surface area contributed by atoms with Gasteiger partial charge in [0, 0.05) is 22.7 Å². The fourth-order valence-corrected chi connectivity index (χ4v) is 3.62. The molecule has 0 radical (unpaired) electrons. The Balaban J connectivity index is 0.000000203. The number of ether oxygens (including phenoxy) is 2. The van der Waals surface area contributed by atoms with Crippen molar-refractivity contribution in [3.8, 4) is 11.5 Å². The zero-order valence-corrected chi connectivity index (χ0v) is 18.9. The van der Waals surface area contributed by atoms with E-state index in [1.54, 1.807) is 26.0 Å². The molecule has 2 aromatic carbocycles. The Labute approximate surface area is 173 Å². The van der Waals surface area contributed by atoms with Crippen molar-refractivity contribution in [3.63, 3.8) is 0 Å². The Hall–Kier alpha value is -2.07. The van der Waals surface area contributed by atoms with Gasteiger partial charge >= 0.3 is 0 Å². The van der Waals surface area contributed by atoms with Crippen LogP contribution in [-0.4, -0.2) is 25.5 Å². The van der Waals surface area contributed by atoms with Gasteiger partial charge in [-0.25, -0.2) is 0 Å². The van der Waals surface area contributed by atoms with E-state index in [2.05, 4.69) is 69.3 Å². The lowest BCUT2D eigenvalue weighted by Gasteiger charge is -2.14. The van der Waals surface area contributed by atoms with E-state index >= 15 is 0 Å². The molecule has 28 heavy (non-hydrogen) atoms. The molecule has 152 valence electrons. The van der Waals surface area contributed by atoms with Crippen LogP contribution in [0.2, 0.25) is 0 Å². The van der Waals surface area contributed by atoms with E-state index in [1.165, 1.54) is 21.4 Å². The smallest absolute Gasteiger partial charge is 0.124 e. The van der Waals surface area contributed by atoms with Crippen LogP contribution in [-0.2, 0) is 0 Å². The maximum absolute atomic E-state index is 5.43. The molecule has 0 bridgehead atoms. The maximum atomic E-state index is 5.43. The van der Waals surface area contributed by atoms with Crippen molar-refractivity contribution in [3.05, 3.63) is 53.7 Å². The molecule has 0 aliphatic heterocycles. The van der Waals surface area contributed by atoms with Crippen LogP contribution in [0.3, 0.4) is 0 Å². The van der Waals surface area contributed by atoms with E-state index in [0.717, 1.165) is 23.4 Å². The van der Waals surface area contributed by atoms with Crippen LogP contribution in [0.25, 0.3) is 10.9 Å². The molecule has 0 fully saturated rings. The summed E-state index contributed by atoms with van der Waals surface area (Å²) >= 11 is 1.76. The summed E-state index contributed by atoms with van der Waals surface area (Å²) in [6.45, 7) is 8.80. The highest BCUT2D eigenvalue weighted by atomic mass is 32.2. The van der Waals surface area contributed by atoms with Crippen LogP contribution in [0.5, 0.6) is 11.5 Å². The Bertz CT molecular complexity index is 885. The minimum atomic E-state index is 0.516. The molecule has 1 atom stereocenters. The lowest BCUT2D eigenvalue weighted by Crippen LogP contribution is -1.96. The summed E-state index contributed by atoms with van der Waals surface area (Å²) in [5, 5.41) is 1.26. The van der Waals surface area contributed by atoms with Gasteiger partial charge in [0.2, 0.25) is 0 Å². The van der Waals surface area contributed by atoms with Crippen molar-refractivity contribution in [1.29, 1.82) is 0 Å². The molecular weight excluding hydrogens is 366 g/mol. The van der Waals surface area contributed by atoms with Crippen LogP contribution < -0.4 is 9.47 Å². The first-order valence-electron chi connectivity index (χ1n) is 9.82. The number of aromatic nitrogens is 1. The molecule has 3 nitrogen and oxygen atoms in total. The molecule has 1 unspecified atom stereocenters. The molecule has 1 N–H and O–H groups in total. The van der Waals surface area contributed by atoms with Gasteiger partial charge in [0.25, 0.3) is 0 Å². The van der Waals surface area contributed by atoms with E-state index in [9.17, 15) is 0 Å². The van der Waals surface area contributed by atoms with Gasteiger partial charge in [0.05, 0.1) is 14.2 Å². The maximum Gasteiger partial charge on any atom is 0.124 e. The first kappa shape index (κ1) is 22.2. The van der Waals surface area contributed by atoms with Crippen LogP contribution in [0.4, 0.5) is 0 Å². The number of rotatable bonds is 6. The standard InChI is InChI=1S/C13H17NO.C11H16OS/c1-4-9(2)11-7-10-5-6-14-12(10)8-13(11)15-3;1-8(2)10-7-9(13-4)5-6-11(10)12-3/h5-9,14H,4H2,1-3H3;5-8H,1-4H3. The van der Waals surface area contributed by atoms with Gasteiger partial charge in [-0.15, -0.1) is 11.8 Å². The Kier molecular flexibility index (Phi) is 8.31. The highest BCUT2D eigenvalue weighted by Crippen LogP contribution is 2.32. The molecule has 4 heteroatoms. The lowest BCUT2D eigenvalue weighted by molar-refractivity contribution is 0.406. The average molecular weight is 400 g/mol. The highest BCUT2D eigenvalue weighted by molar-refractivity contribution is 7.98. The number of benzene rings is 2. The van der Waals surface area contributed by atoms with E-state index in [4.69, 9.17) is 9.47 Å². The zero-order chi connectivity index (χ0) is 20.7. The van der Waals surface area contributed by atoms with Gasteiger partial charge in [0.1, 0.15) is 11.5 Å². The normalized spacial score (nSPS) is 11.9. The number of nitrogens with one attached hydrogen (secondary N) is 1. The molecule has 0 aliphatic carbocycles. The topological polar surface area (TPSA) is 34.2 Å². The van der Waals surface area contributed by atoms with Crippen LogP contribution in [0.15, 0.2) is 47.5 Å². The third-order valence-electron chi connectivity index (χ3n) is 5.11. The summed E-state index contributed by atoms with van der Waals surface area (Å²) in [5.74, 6) is 3.04. The zero-order valence-electron chi connectivity index (χ0n) is 18.1. The number of fused-ring (bicyclic) bond motifs is 1. The van der Waals surface area contributed by atoms with Crippen LogP contribution in [0.1, 0.15) is 57.1 Å². The highest BCUT2D eigenvalue weighted by Gasteiger charge is 2.11. The quantitative estimate of drug-likeness (QED) is 0.444. The van der Waals surface area contributed by atoms with Gasteiger partial charge < -0.3 is 14.5 Å². The number of thioether (sulfide) groups is 1. The second-order valence-corrected chi connectivity index (χ2v) is 8.11. The second kappa shape index (κ2) is 10.5. The van der Waals surface area contributed by atoms with Crippen molar-refractivity contribution in [2.45, 2.75) is 50.8 Å². The Morgan fingerprint density at radius 1 is 0.929 bits per heavy atom. The fraction of sp³-hybridized carbons (Fsp3) is 0.417. The van der Waals surface area contributed by atoms with Crippen molar-refractivity contribution < 1.29 is 9.47 Å². The van der Waals surface area contributed by atoms with Crippen molar-refractivity contribution >= 4 is 22.7 Å². The molecule has 1 aromatic heterocycles. The SMILES string of the molecule is CCC(C)c1cc2cc[nH]c2cc1OC.COc1ccc(SC)cc1C(C)C. The van der Waals surface area contributed by atoms with Gasteiger partial charge in [0.15, 0.2) is 0 Å². The van der Waals surface area contributed by atoms with Gasteiger partial charge in [-0.05, 0) is 71.4 Å². The van der Waals surface area contributed by atoms with E-state index < -0.39 is 0 Å². The first-order valence-corrected chi connectivity index (χ1v) is 11.0. The summed E-state index contributed by atoms with van der Waals surface area (Å²) in [6.07, 6.45) is 5.18. The van der Waals surface area contributed by atoms with Crippen molar-refractivity contribution in [2.75, 3.05) is 20.5 Å². The molecule has 0 aliphatic rings. The molecule has 0 saturated carbocycles. The molecule has 3 rings (SSSR count). The molecular formula is C24H33NO2S. The van der Waals surface area contributed by atoms with Gasteiger partial charge in [-0.1, -0.05) is 27.7 Å². The molecule has 3 aromatic rings. The summed E-state index contributed by atoms with van der Waals surface area (Å²) in [6, 6.07) is 12.7. The number of H-pyrrole nitrogens is 1. The Morgan fingerprint density at radius 2 is 1.64 bits per heavy atom. The second-order valence-electron chi connectivity index (χ2n) is 7.23. The monoisotopic (exact) mass is 399 g/mol. The van der Waals surface area contributed by atoms with Crippen molar-refractivity contribution in [1.82, 2.24) is 4.98 Å². The minimum Gasteiger partial charge on any atom is -0.496 e. The molecule has 1 heterocycles. The summed E-state index contributed by atoms with van der Waals surface area (Å²) in [4.78, 5) is 4.49. The summed E-state index contributed by atoms with van der Waals surface area (Å²) in [5.41, 5.74) is 3.72. The van der Waals surface area contributed by atoms with Gasteiger partial charge in [-0.2, -0.15) is 0 Å². The fourth-order valence-electron chi connectivity index (χ4n) is 3.17. The predicted octanol–water partition coefficient (Wildman–Crippen LogP) is 7.23. The molecule has 0 spiro atoms. The number of aromatic amines is 1. The summed E-state index contributed by atoms with van der Waals surface area (Å²) < 4.78 is 10.7. The third kappa shape index (κ3) is 5.26. The summed E-state index contributed by atoms with van der Waals surface area (Å²) in [7, 11) is 3.45.